The molecule has 0 saturated heterocycles. The Bertz CT molecular complexity index is 474. The van der Waals surface area contributed by atoms with E-state index >= 15 is 0 Å². The third-order valence-electron chi connectivity index (χ3n) is 2.11. The van der Waals surface area contributed by atoms with E-state index in [1.807, 2.05) is 12.1 Å². The highest BCUT2D eigenvalue weighted by Crippen LogP contribution is 2.12. The molecule has 3 nitrogen and oxygen atoms in total. The van der Waals surface area contributed by atoms with Crippen LogP contribution in [0.3, 0.4) is 0 Å². The van der Waals surface area contributed by atoms with E-state index in [9.17, 15) is 4.39 Å². The average molecular weight is 218 g/mol. The quantitative estimate of drug-likeness (QED) is 0.793. The van der Waals surface area contributed by atoms with Gasteiger partial charge in [-0.05, 0) is 19.1 Å². The van der Waals surface area contributed by atoms with Crippen LogP contribution in [-0.2, 0) is 6.61 Å². The summed E-state index contributed by atoms with van der Waals surface area (Å²) in [7, 11) is 0. The highest BCUT2D eigenvalue weighted by molar-refractivity contribution is 5.17. The molecule has 0 atom stereocenters. The van der Waals surface area contributed by atoms with E-state index in [2.05, 4.69) is 9.97 Å². The van der Waals surface area contributed by atoms with Gasteiger partial charge in [-0.3, -0.25) is 4.98 Å². The Balaban J connectivity index is 2.03. The van der Waals surface area contributed by atoms with Gasteiger partial charge >= 0.3 is 0 Å². The fraction of sp³-hybridized carbons (Fsp3) is 0.167. The van der Waals surface area contributed by atoms with Gasteiger partial charge in [-0.2, -0.15) is 0 Å². The molecule has 0 unspecified atom stereocenters. The number of hydrogen-bond donors (Lipinski definition) is 0. The van der Waals surface area contributed by atoms with Gasteiger partial charge in [-0.15, -0.1) is 0 Å². The summed E-state index contributed by atoms with van der Waals surface area (Å²) in [5.41, 5.74) is 1.29. The molecule has 2 aromatic heterocycles. The molecular weight excluding hydrogens is 207 g/mol. The minimum atomic E-state index is -0.325. The second-order valence-corrected chi connectivity index (χ2v) is 3.37. The molecule has 0 aliphatic rings. The second kappa shape index (κ2) is 4.70. The number of ether oxygens (including phenoxy) is 1. The molecule has 0 bridgehead atoms. The largest absolute Gasteiger partial charge is 0.473 e. The van der Waals surface area contributed by atoms with Crippen LogP contribution < -0.4 is 4.74 Å². The maximum atomic E-state index is 12.9. The van der Waals surface area contributed by atoms with Crippen LogP contribution in [0.1, 0.15) is 11.3 Å². The molecule has 2 aromatic rings. The van der Waals surface area contributed by atoms with Crippen LogP contribution in [-0.4, -0.2) is 9.97 Å². The van der Waals surface area contributed by atoms with Crippen LogP contribution in [0.25, 0.3) is 0 Å². The summed E-state index contributed by atoms with van der Waals surface area (Å²) >= 11 is 0. The van der Waals surface area contributed by atoms with Gasteiger partial charge in [0, 0.05) is 24.0 Å². The topological polar surface area (TPSA) is 35.0 Å². The van der Waals surface area contributed by atoms with E-state index in [4.69, 9.17) is 4.74 Å². The molecule has 0 saturated carbocycles. The molecule has 0 aliphatic heterocycles. The molecule has 0 spiro atoms. The lowest BCUT2D eigenvalue weighted by atomic mass is 10.3. The van der Waals surface area contributed by atoms with Crippen molar-refractivity contribution in [1.29, 1.82) is 0 Å². The van der Waals surface area contributed by atoms with Gasteiger partial charge in [0.15, 0.2) is 0 Å². The van der Waals surface area contributed by atoms with Gasteiger partial charge in [0.05, 0.1) is 5.69 Å². The molecule has 4 heteroatoms. The smallest absolute Gasteiger partial charge is 0.213 e. The minimum absolute atomic E-state index is 0.325. The number of nitrogens with zero attached hydrogens (tertiary/aromatic N) is 2. The van der Waals surface area contributed by atoms with E-state index in [-0.39, 0.29) is 5.82 Å². The number of halogens is 1. The molecule has 82 valence electrons. The minimum Gasteiger partial charge on any atom is -0.473 e. The fourth-order valence-electron chi connectivity index (χ4n) is 1.24. The molecule has 0 aromatic carbocycles. The van der Waals surface area contributed by atoms with Crippen LogP contribution in [0.15, 0.2) is 36.7 Å². The molecule has 2 rings (SSSR count). The van der Waals surface area contributed by atoms with Crippen molar-refractivity contribution < 1.29 is 9.13 Å². The van der Waals surface area contributed by atoms with Gasteiger partial charge in [0.2, 0.25) is 5.88 Å². The van der Waals surface area contributed by atoms with Crippen LogP contribution in [0.4, 0.5) is 4.39 Å². The summed E-state index contributed by atoms with van der Waals surface area (Å²) in [6.07, 6.45) is 3.42. The first-order chi connectivity index (χ1) is 7.75. The first-order valence-corrected chi connectivity index (χ1v) is 4.90. The summed E-state index contributed by atoms with van der Waals surface area (Å²) < 4.78 is 18.3. The van der Waals surface area contributed by atoms with E-state index in [1.165, 1.54) is 12.1 Å². The zero-order chi connectivity index (χ0) is 11.4. The van der Waals surface area contributed by atoms with Gasteiger partial charge in [-0.25, -0.2) is 9.37 Å². The Hall–Kier alpha value is -1.97. The van der Waals surface area contributed by atoms with E-state index in [1.54, 1.807) is 19.3 Å². The average Bonchev–Trinajstić information content (AvgIpc) is 2.32. The summed E-state index contributed by atoms with van der Waals surface area (Å²) in [4.78, 5) is 7.94. The van der Waals surface area contributed by atoms with Crippen molar-refractivity contribution in [3.63, 3.8) is 0 Å². The Morgan fingerprint density at radius 2 is 2.19 bits per heavy atom. The molecule has 0 aliphatic carbocycles. The Kier molecular flexibility index (Phi) is 3.10. The number of rotatable bonds is 3. The normalized spacial score (nSPS) is 10.1. The van der Waals surface area contributed by atoms with Crippen LogP contribution in [0.2, 0.25) is 0 Å². The number of aromatic nitrogens is 2. The SMILES string of the molecule is Cc1nc(OCc2cccnc2)ccc1F. The molecule has 16 heavy (non-hydrogen) atoms. The van der Waals surface area contributed by atoms with E-state index in [0.29, 0.717) is 18.2 Å². The highest BCUT2D eigenvalue weighted by atomic mass is 19.1. The summed E-state index contributed by atoms with van der Waals surface area (Å²) in [5, 5.41) is 0. The van der Waals surface area contributed by atoms with Crippen molar-refractivity contribution in [2.45, 2.75) is 13.5 Å². The standard InChI is InChI=1S/C12H11FN2O/c1-9-11(13)4-5-12(15-9)16-8-10-3-2-6-14-7-10/h2-7H,8H2,1H3. The number of hydrogen-bond acceptors (Lipinski definition) is 3. The lowest BCUT2D eigenvalue weighted by molar-refractivity contribution is 0.292. The van der Waals surface area contributed by atoms with Crippen molar-refractivity contribution >= 4 is 0 Å². The van der Waals surface area contributed by atoms with E-state index in [0.717, 1.165) is 5.56 Å². The molecule has 0 radical (unpaired) electrons. The maximum absolute atomic E-state index is 12.9. The maximum Gasteiger partial charge on any atom is 0.213 e. The highest BCUT2D eigenvalue weighted by Gasteiger charge is 2.01. The van der Waals surface area contributed by atoms with Gasteiger partial charge in [0.25, 0.3) is 0 Å². The first-order valence-electron chi connectivity index (χ1n) is 4.90. The predicted octanol–water partition coefficient (Wildman–Crippen LogP) is 2.50. The van der Waals surface area contributed by atoms with Gasteiger partial charge < -0.3 is 4.74 Å². The monoisotopic (exact) mass is 218 g/mol. The van der Waals surface area contributed by atoms with Crippen molar-refractivity contribution in [1.82, 2.24) is 9.97 Å². The van der Waals surface area contributed by atoms with Crippen molar-refractivity contribution in [2.24, 2.45) is 0 Å². The Morgan fingerprint density at radius 1 is 1.31 bits per heavy atom. The zero-order valence-corrected chi connectivity index (χ0v) is 8.85. The van der Waals surface area contributed by atoms with Crippen molar-refractivity contribution in [3.05, 3.63) is 53.7 Å². The fourth-order valence-corrected chi connectivity index (χ4v) is 1.24. The van der Waals surface area contributed by atoms with Crippen molar-refractivity contribution in [2.75, 3.05) is 0 Å². The molecular formula is C12H11FN2O. The second-order valence-electron chi connectivity index (χ2n) is 3.37. The summed E-state index contributed by atoms with van der Waals surface area (Å²) in [6, 6.07) is 6.60. The van der Waals surface area contributed by atoms with Crippen molar-refractivity contribution in [3.8, 4) is 5.88 Å². The number of pyridine rings is 2. The predicted molar refractivity (Wildman–Crippen MR) is 57.5 cm³/mol. The summed E-state index contributed by atoms with van der Waals surface area (Å²) in [6.45, 7) is 1.98. The third-order valence-corrected chi connectivity index (χ3v) is 2.11. The van der Waals surface area contributed by atoms with Gasteiger partial charge in [-0.1, -0.05) is 6.07 Å². The molecule has 0 fully saturated rings. The van der Waals surface area contributed by atoms with Crippen LogP contribution in [0.5, 0.6) is 5.88 Å². The molecule has 2 heterocycles. The van der Waals surface area contributed by atoms with Gasteiger partial charge in [0.1, 0.15) is 12.4 Å². The molecule has 0 N–H and O–H groups in total. The Morgan fingerprint density at radius 3 is 2.88 bits per heavy atom. The first kappa shape index (κ1) is 10.5. The summed E-state index contributed by atoms with van der Waals surface area (Å²) in [5.74, 6) is 0.0940. The van der Waals surface area contributed by atoms with Crippen LogP contribution >= 0.6 is 0 Å². The lowest BCUT2D eigenvalue weighted by Gasteiger charge is -2.05. The molecule has 0 amide bonds. The Labute approximate surface area is 92.9 Å². The lowest BCUT2D eigenvalue weighted by Crippen LogP contribution is -1.99. The van der Waals surface area contributed by atoms with Crippen LogP contribution in [0, 0.1) is 12.7 Å². The third kappa shape index (κ3) is 2.53. The number of aryl methyl sites for hydroxylation is 1. The van der Waals surface area contributed by atoms with E-state index < -0.39 is 0 Å². The zero-order valence-electron chi connectivity index (χ0n) is 8.85.